The van der Waals surface area contributed by atoms with Gasteiger partial charge in [0.15, 0.2) is 0 Å². The number of nitrogens with two attached hydrogens (primary N) is 1. The van der Waals surface area contributed by atoms with Crippen molar-refractivity contribution in [3.8, 4) is 0 Å². The summed E-state index contributed by atoms with van der Waals surface area (Å²) in [6.45, 7) is 1.77. The third-order valence-electron chi connectivity index (χ3n) is 6.33. The maximum atomic E-state index is 12.3. The Morgan fingerprint density at radius 3 is 1.83 bits per heavy atom. The quantitative estimate of drug-likeness (QED) is 0.230. The molecule has 0 aliphatic carbocycles. The molecule has 2 aromatic rings. The summed E-state index contributed by atoms with van der Waals surface area (Å²) in [4.78, 5) is 24.2. The van der Waals surface area contributed by atoms with E-state index in [2.05, 4.69) is 41.0 Å². The van der Waals surface area contributed by atoms with Gasteiger partial charge in [0, 0.05) is 25.1 Å². The highest BCUT2D eigenvalue weighted by Gasteiger charge is 2.07. The molecule has 5 nitrogen and oxygen atoms in total. The Hall–Kier alpha value is -2.66. The number of carbonyl (C=O) groups is 2. The Labute approximate surface area is 212 Å². The van der Waals surface area contributed by atoms with E-state index in [9.17, 15) is 9.59 Å². The molecule has 0 bridgehead atoms. The van der Waals surface area contributed by atoms with Crippen LogP contribution in [0.4, 0.5) is 0 Å². The standard InChI is InChI=1S/C30H45N3O2/c31-23-12-5-6-13-24-32-29(34)22-25-33-30(35)28-20-18-27(19-21-28)17-9-4-2-1-3-8-14-26-15-10-7-11-16-26/h7,10-11,15-16,18-21H,1-6,8-9,12-14,17,22-25,31H2,(H,32,34)(H,33,35). The van der Waals surface area contributed by atoms with Gasteiger partial charge in [0.25, 0.3) is 5.91 Å². The summed E-state index contributed by atoms with van der Waals surface area (Å²) in [5, 5.41) is 5.75. The van der Waals surface area contributed by atoms with Crippen molar-refractivity contribution >= 4 is 11.8 Å². The van der Waals surface area contributed by atoms with Gasteiger partial charge in [-0.2, -0.15) is 0 Å². The van der Waals surface area contributed by atoms with E-state index in [0.29, 0.717) is 25.1 Å². The summed E-state index contributed by atoms with van der Waals surface area (Å²) in [6, 6.07) is 18.6. The molecule has 0 aliphatic heterocycles. The number of unbranched alkanes of at least 4 members (excludes halogenated alkanes) is 8. The fourth-order valence-electron chi connectivity index (χ4n) is 4.16. The van der Waals surface area contributed by atoms with Crippen LogP contribution in [0.25, 0.3) is 0 Å². The normalized spacial score (nSPS) is 10.8. The zero-order valence-corrected chi connectivity index (χ0v) is 21.4. The van der Waals surface area contributed by atoms with Gasteiger partial charge >= 0.3 is 0 Å². The smallest absolute Gasteiger partial charge is 0.251 e. The van der Waals surface area contributed by atoms with E-state index in [1.165, 1.54) is 56.1 Å². The van der Waals surface area contributed by atoms with Crippen LogP contribution in [0.5, 0.6) is 0 Å². The number of nitrogens with one attached hydrogen (secondary N) is 2. The van der Waals surface area contributed by atoms with Crippen molar-refractivity contribution in [2.24, 2.45) is 5.73 Å². The summed E-state index contributed by atoms with van der Waals surface area (Å²) in [6.07, 6.45) is 14.3. The predicted molar refractivity (Wildman–Crippen MR) is 145 cm³/mol. The van der Waals surface area contributed by atoms with Crippen molar-refractivity contribution in [1.82, 2.24) is 10.6 Å². The number of rotatable bonds is 19. The van der Waals surface area contributed by atoms with E-state index in [1.807, 2.05) is 24.3 Å². The molecular weight excluding hydrogens is 434 g/mol. The van der Waals surface area contributed by atoms with Crippen LogP contribution in [0.1, 0.15) is 92.1 Å². The maximum Gasteiger partial charge on any atom is 0.251 e. The van der Waals surface area contributed by atoms with Crippen molar-refractivity contribution in [2.75, 3.05) is 19.6 Å². The van der Waals surface area contributed by atoms with Gasteiger partial charge < -0.3 is 16.4 Å². The first-order valence-corrected chi connectivity index (χ1v) is 13.6. The summed E-state index contributed by atoms with van der Waals surface area (Å²) in [5.41, 5.74) is 8.83. The van der Waals surface area contributed by atoms with Gasteiger partial charge in [-0.3, -0.25) is 9.59 Å². The largest absolute Gasteiger partial charge is 0.356 e. The highest BCUT2D eigenvalue weighted by atomic mass is 16.2. The number of aryl methyl sites for hydroxylation is 2. The average Bonchev–Trinajstić information content (AvgIpc) is 2.88. The van der Waals surface area contributed by atoms with Gasteiger partial charge in [-0.1, -0.05) is 81.0 Å². The number of hydrogen-bond acceptors (Lipinski definition) is 3. The lowest BCUT2D eigenvalue weighted by Gasteiger charge is -2.08. The molecule has 35 heavy (non-hydrogen) atoms. The molecule has 0 saturated carbocycles. The molecular formula is C30H45N3O2. The zero-order valence-electron chi connectivity index (χ0n) is 21.4. The lowest BCUT2D eigenvalue weighted by molar-refractivity contribution is -0.120. The van der Waals surface area contributed by atoms with E-state index >= 15 is 0 Å². The second kappa shape index (κ2) is 18.6. The van der Waals surface area contributed by atoms with Crippen molar-refractivity contribution in [2.45, 2.75) is 83.5 Å². The molecule has 5 heteroatoms. The molecule has 0 radical (unpaired) electrons. The molecule has 4 N–H and O–H groups in total. The van der Waals surface area contributed by atoms with Crippen LogP contribution in [0, 0.1) is 0 Å². The van der Waals surface area contributed by atoms with Gasteiger partial charge in [-0.05, 0) is 68.3 Å². The number of benzene rings is 2. The molecule has 2 rings (SSSR count). The Morgan fingerprint density at radius 1 is 0.600 bits per heavy atom. The summed E-state index contributed by atoms with van der Waals surface area (Å²) >= 11 is 0. The van der Waals surface area contributed by atoms with Gasteiger partial charge in [-0.25, -0.2) is 0 Å². The second-order valence-corrected chi connectivity index (χ2v) is 9.36. The molecule has 0 saturated heterocycles. The fourth-order valence-corrected chi connectivity index (χ4v) is 4.16. The molecule has 0 aliphatic rings. The van der Waals surface area contributed by atoms with Crippen molar-refractivity contribution in [3.63, 3.8) is 0 Å². The first-order chi connectivity index (χ1) is 17.2. The van der Waals surface area contributed by atoms with Gasteiger partial charge in [-0.15, -0.1) is 0 Å². The van der Waals surface area contributed by atoms with E-state index in [-0.39, 0.29) is 11.8 Å². The minimum atomic E-state index is -0.123. The molecule has 0 unspecified atom stereocenters. The molecule has 2 amide bonds. The first kappa shape index (κ1) is 28.6. The highest BCUT2D eigenvalue weighted by molar-refractivity contribution is 5.94. The molecule has 0 aromatic heterocycles. The summed E-state index contributed by atoms with van der Waals surface area (Å²) in [7, 11) is 0. The Morgan fingerprint density at radius 2 is 1.17 bits per heavy atom. The average molecular weight is 480 g/mol. The molecule has 2 aromatic carbocycles. The van der Waals surface area contributed by atoms with Crippen LogP contribution in [0.3, 0.4) is 0 Å². The van der Waals surface area contributed by atoms with Gasteiger partial charge in [0.2, 0.25) is 5.91 Å². The molecule has 192 valence electrons. The van der Waals surface area contributed by atoms with Gasteiger partial charge in [0.1, 0.15) is 0 Å². The van der Waals surface area contributed by atoms with Crippen molar-refractivity contribution < 1.29 is 9.59 Å². The second-order valence-electron chi connectivity index (χ2n) is 9.36. The van der Waals surface area contributed by atoms with Crippen LogP contribution in [-0.2, 0) is 17.6 Å². The van der Waals surface area contributed by atoms with Crippen LogP contribution < -0.4 is 16.4 Å². The Balaban J connectivity index is 1.48. The maximum absolute atomic E-state index is 12.3. The number of carbonyl (C=O) groups excluding carboxylic acids is 2. The first-order valence-electron chi connectivity index (χ1n) is 13.6. The van der Waals surface area contributed by atoms with Crippen molar-refractivity contribution in [1.29, 1.82) is 0 Å². The monoisotopic (exact) mass is 479 g/mol. The minimum Gasteiger partial charge on any atom is -0.356 e. The number of amides is 2. The lowest BCUT2D eigenvalue weighted by atomic mass is 10.0. The van der Waals surface area contributed by atoms with Crippen LogP contribution >= 0.6 is 0 Å². The number of hydrogen-bond donors (Lipinski definition) is 3. The SMILES string of the molecule is NCCCCCCNC(=O)CCNC(=O)c1ccc(CCCCCCCCc2ccccc2)cc1. The van der Waals surface area contributed by atoms with E-state index in [4.69, 9.17) is 5.73 Å². The molecule has 0 fully saturated rings. The highest BCUT2D eigenvalue weighted by Crippen LogP contribution is 2.13. The zero-order chi connectivity index (χ0) is 25.0. The predicted octanol–water partition coefficient (Wildman–Crippen LogP) is 5.57. The molecule has 0 spiro atoms. The third-order valence-corrected chi connectivity index (χ3v) is 6.33. The topological polar surface area (TPSA) is 84.2 Å². The summed E-state index contributed by atoms with van der Waals surface area (Å²) in [5.74, 6) is -0.141. The minimum absolute atomic E-state index is 0.0179. The Kier molecular flexibility index (Phi) is 15.2. The van der Waals surface area contributed by atoms with Crippen LogP contribution in [-0.4, -0.2) is 31.4 Å². The summed E-state index contributed by atoms with van der Waals surface area (Å²) < 4.78 is 0. The van der Waals surface area contributed by atoms with Gasteiger partial charge in [0.05, 0.1) is 0 Å². The van der Waals surface area contributed by atoms with E-state index < -0.39 is 0 Å². The van der Waals surface area contributed by atoms with Crippen molar-refractivity contribution in [3.05, 3.63) is 71.3 Å². The van der Waals surface area contributed by atoms with Crippen LogP contribution in [0.15, 0.2) is 54.6 Å². The molecule has 0 heterocycles. The van der Waals surface area contributed by atoms with E-state index in [1.54, 1.807) is 0 Å². The lowest BCUT2D eigenvalue weighted by Crippen LogP contribution is -2.31. The van der Waals surface area contributed by atoms with E-state index in [0.717, 1.165) is 38.6 Å². The molecule has 0 atom stereocenters. The van der Waals surface area contributed by atoms with Crippen LogP contribution in [0.2, 0.25) is 0 Å². The fraction of sp³-hybridized carbons (Fsp3) is 0.533. The Bertz CT molecular complexity index is 821. The third kappa shape index (κ3) is 13.7.